The van der Waals surface area contributed by atoms with Crippen LogP contribution in [0.25, 0.3) is 10.9 Å². The maximum atomic E-state index is 13.0. The van der Waals surface area contributed by atoms with Crippen LogP contribution in [0.5, 0.6) is 5.75 Å². The zero-order valence-corrected chi connectivity index (χ0v) is 16.4. The standard InChI is InChI=1S/C17H20N4O6S/c1-20-5-4-18-17(20)28(24,25)21(2)14-10-12(27-7-6-26-3)8-11-9-13(16(22)23)19-15(11)14/h4-5,8-10,19H,6-7H2,1-3H3,(H,22,23). The molecule has 0 fully saturated rings. The summed E-state index contributed by atoms with van der Waals surface area (Å²) in [5.41, 5.74) is 0.533. The number of benzene rings is 1. The minimum Gasteiger partial charge on any atom is -0.491 e. The van der Waals surface area contributed by atoms with Crippen LogP contribution in [-0.2, 0) is 21.8 Å². The van der Waals surface area contributed by atoms with Crippen molar-refractivity contribution in [2.24, 2.45) is 7.05 Å². The van der Waals surface area contributed by atoms with Crippen LogP contribution in [0.4, 0.5) is 5.69 Å². The van der Waals surface area contributed by atoms with E-state index in [1.165, 1.54) is 43.3 Å². The molecule has 0 spiro atoms. The summed E-state index contributed by atoms with van der Waals surface area (Å²) in [5, 5.41) is 9.64. The van der Waals surface area contributed by atoms with Crippen LogP contribution in [0.15, 0.2) is 35.7 Å². The summed E-state index contributed by atoms with van der Waals surface area (Å²) in [6.07, 6.45) is 2.91. The molecule has 2 N–H and O–H groups in total. The molecule has 0 saturated heterocycles. The molecule has 0 bridgehead atoms. The Labute approximate surface area is 161 Å². The number of carboxylic acid groups (broad SMARTS) is 1. The fourth-order valence-electron chi connectivity index (χ4n) is 2.74. The van der Waals surface area contributed by atoms with Crippen molar-refractivity contribution in [2.75, 3.05) is 31.7 Å². The number of aromatic carboxylic acids is 1. The Morgan fingerprint density at radius 1 is 1.32 bits per heavy atom. The molecule has 0 atom stereocenters. The summed E-state index contributed by atoms with van der Waals surface area (Å²) in [7, 11) is 0.500. The number of nitrogens with zero attached hydrogens (tertiary/aromatic N) is 3. The third-order valence-electron chi connectivity index (χ3n) is 4.18. The number of rotatable bonds is 8. The van der Waals surface area contributed by atoms with E-state index >= 15 is 0 Å². The molecule has 3 aromatic rings. The number of fused-ring (bicyclic) bond motifs is 1. The highest BCUT2D eigenvalue weighted by Crippen LogP contribution is 2.34. The first-order chi connectivity index (χ1) is 13.3. The van der Waals surface area contributed by atoms with Crippen LogP contribution < -0.4 is 9.04 Å². The van der Waals surface area contributed by atoms with Crippen molar-refractivity contribution in [3.05, 3.63) is 36.3 Å². The number of aryl methyl sites for hydroxylation is 1. The maximum absolute atomic E-state index is 13.0. The lowest BCUT2D eigenvalue weighted by molar-refractivity contribution is 0.0691. The Balaban J connectivity index is 2.13. The van der Waals surface area contributed by atoms with Gasteiger partial charge in [0.1, 0.15) is 18.1 Å². The van der Waals surface area contributed by atoms with Crippen molar-refractivity contribution in [3.8, 4) is 5.75 Å². The van der Waals surface area contributed by atoms with Crippen LogP contribution >= 0.6 is 0 Å². The average molecular weight is 408 g/mol. The molecule has 150 valence electrons. The number of methoxy groups -OCH3 is 1. The number of carbonyl (C=O) groups is 1. The van der Waals surface area contributed by atoms with Gasteiger partial charge < -0.3 is 24.1 Å². The van der Waals surface area contributed by atoms with Gasteiger partial charge in [-0.25, -0.2) is 9.78 Å². The first-order valence-electron chi connectivity index (χ1n) is 8.23. The molecule has 1 aromatic carbocycles. The van der Waals surface area contributed by atoms with Crippen molar-refractivity contribution >= 4 is 32.6 Å². The van der Waals surface area contributed by atoms with Crippen LogP contribution in [0.1, 0.15) is 10.5 Å². The van der Waals surface area contributed by atoms with Crippen LogP contribution in [0.2, 0.25) is 0 Å². The molecule has 0 aliphatic rings. The number of sulfonamides is 1. The van der Waals surface area contributed by atoms with E-state index in [2.05, 4.69) is 9.97 Å². The van der Waals surface area contributed by atoms with Gasteiger partial charge in [-0.05, 0) is 12.1 Å². The van der Waals surface area contributed by atoms with Crippen LogP contribution in [0, 0.1) is 0 Å². The fraction of sp³-hybridized carbons (Fsp3) is 0.294. The van der Waals surface area contributed by atoms with Crippen molar-refractivity contribution in [1.82, 2.24) is 14.5 Å². The minimum absolute atomic E-state index is 0.0620. The van der Waals surface area contributed by atoms with Crippen LogP contribution in [0.3, 0.4) is 0 Å². The molecule has 2 heterocycles. The molecule has 0 unspecified atom stereocenters. The Morgan fingerprint density at radius 2 is 2.07 bits per heavy atom. The van der Waals surface area contributed by atoms with Gasteiger partial charge in [0.15, 0.2) is 0 Å². The third-order valence-corrected chi connectivity index (χ3v) is 5.95. The molecule has 3 rings (SSSR count). The van der Waals surface area contributed by atoms with Gasteiger partial charge in [0, 0.05) is 45.1 Å². The van der Waals surface area contributed by atoms with Gasteiger partial charge >= 0.3 is 5.97 Å². The third kappa shape index (κ3) is 3.53. The summed E-state index contributed by atoms with van der Waals surface area (Å²) in [5.74, 6) is -0.768. The first kappa shape index (κ1) is 19.7. The number of anilines is 1. The molecule has 0 radical (unpaired) electrons. The van der Waals surface area contributed by atoms with Gasteiger partial charge in [-0.2, -0.15) is 8.42 Å². The van der Waals surface area contributed by atoms with Gasteiger partial charge in [-0.3, -0.25) is 4.31 Å². The van der Waals surface area contributed by atoms with Gasteiger partial charge in [0.25, 0.3) is 10.0 Å². The number of hydrogen-bond donors (Lipinski definition) is 2. The van der Waals surface area contributed by atoms with Crippen LogP contribution in [-0.4, -0.2) is 61.4 Å². The Morgan fingerprint density at radius 3 is 2.68 bits per heavy atom. The number of carboxylic acids is 1. The predicted octanol–water partition coefficient (Wildman–Crippen LogP) is 1.45. The average Bonchev–Trinajstić information content (AvgIpc) is 3.27. The van der Waals surface area contributed by atoms with Gasteiger partial charge in [-0.15, -0.1) is 0 Å². The highest BCUT2D eigenvalue weighted by atomic mass is 32.2. The first-order valence-corrected chi connectivity index (χ1v) is 9.67. The van der Waals surface area contributed by atoms with E-state index in [1.807, 2.05) is 0 Å². The topological polar surface area (TPSA) is 127 Å². The largest absolute Gasteiger partial charge is 0.491 e. The predicted molar refractivity (Wildman–Crippen MR) is 101 cm³/mol. The number of aromatic amines is 1. The quantitative estimate of drug-likeness (QED) is 0.540. The van der Waals surface area contributed by atoms with E-state index in [1.54, 1.807) is 13.1 Å². The van der Waals surface area contributed by atoms with E-state index in [9.17, 15) is 18.3 Å². The maximum Gasteiger partial charge on any atom is 0.352 e. The fourth-order valence-corrected chi connectivity index (χ4v) is 4.01. The molecule has 0 amide bonds. The molecule has 0 aliphatic carbocycles. The number of ether oxygens (including phenoxy) is 2. The monoisotopic (exact) mass is 408 g/mol. The molecule has 10 nitrogen and oxygen atoms in total. The molecule has 28 heavy (non-hydrogen) atoms. The number of H-pyrrole nitrogens is 1. The van der Waals surface area contributed by atoms with E-state index in [0.717, 1.165) is 4.31 Å². The summed E-state index contributed by atoms with van der Waals surface area (Å²) in [4.78, 5) is 18.0. The second-order valence-electron chi connectivity index (χ2n) is 6.03. The summed E-state index contributed by atoms with van der Waals surface area (Å²) < 4.78 is 39.0. The molecule has 0 aliphatic heterocycles. The lowest BCUT2D eigenvalue weighted by Gasteiger charge is -2.20. The van der Waals surface area contributed by atoms with Crippen molar-refractivity contribution in [1.29, 1.82) is 0 Å². The smallest absolute Gasteiger partial charge is 0.352 e. The van der Waals surface area contributed by atoms with E-state index in [-0.39, 0.29) is 23.1 Å². The second-order valence-corrected chi connectivity index (χ2v) is 7.89. The van der Waals surface area contributed by atoms with Gasteiger partial charge in [0.2, 0.25) is 5.16 Å². The highest BCUT2D eigenvalue weighted by molar-refractivity contribution is 7.92. The highest BCUT2D eigenvalue weighted by Gasteiger charge is 2.28. The molecule has 0 saturated carbocycles. The number of nitrogens with one attached hydrogen (secondary N) is 1. The summed E-state index contributed by atoms with van der Waals surface area (Å²) in [6.45, 7) is 0.607. The zero-order chi connectivity index (χ0) is 20.5. The second kappa shape index (κ2) is 7.52. The molecule has 2 aromatic heterocycles. The summed E-state index contributed by atoms with van der Waals surface area (Å²) in [6, 6.07) is 4.59. The Hall–Kier alpha value is -3.05. The normalized spacial score (nSPS) is 11.7. The lowest BCUT2D eigenvalue weighted by Crippen LogP contribution is -2.29. The Bertz CT molecular complexity index is 1120. The molecular formula is C17H20N4O6S. The van der Waals surface area contributed by atoms with Crippen molar-refractivity contribution in [2.45, 2.75) is 5.16 Å². The van der Waals surface area contributed by atoms with Crippen molar-refractivity contribution < 1.29 is 27.8 Å². The van der Waals surface area contributed by atoms with E-state index in [0.29, 0.717) is 23.3 Å². The number of aromatic nitrogens is 3. The van der Waals surface area contributed by atoms with Gasteiger partial charge in [-0.1, -0.05) is 0 Å². The lowest BCUT2D eigenvalue weighted by atomic mass is 10.2. The SMILES string of the molecule is COCCOc1cc(N(C)S(=O)(=O)c2nccn2C)c2[nH]c(C(=O)O)cc2c1. The van der Waals surface area contributed by atoms with Crippen molar-refractivity contribution in [3.63, 3.8) is 0 Å². The van der Waals surface area contributed by atoms with Gasteiger partial charge in [0.05, 0.1) is 17.8 Å². The zero-order valence-electron chi connectivity index (χ0n) is 15.5. The summed E-state index contributed by atoms with van der Waals surface area (Å²) >= 11 is 0. The molecule has 11 heteroatoms. The Kier molecular flexibility index (Phi) is 5.29. The molecular weight excluding hydrogens is 388 g/mol. The van der Waals surface area contributed by atoms with E-state index in [4.69, 9.17) is 9.47 Å². The number of hydrogen-bond acceptors (Lipinski definition) is 6. The van der Waals surface area contributed by atoms with E-state index < -0.39 is 16.0 Å². The minimum atomic E-state index is -3.99. The number of imidazole rings is 1.